The second kappa shape index (κ2) is 12.1. The van der Waals surface area contributed by atoms with Crippen LogP contribution in [-0.4, -0.2) is 75.5 Å². The third-order valence-electron chi connectivity index (χ3n) is 6.40. The predicted molar refractivity (Wildman–Crippen MR) is 125 cm³/mol. The van der Waals surface area contributed by atoms with Crippen LogP contribution < -0.4 is 10.9 Å². The number of amides is 1. The minimum Gasteiger partial charge on any atom is -0.483 e. The van der Waals surface area contributed by atoms with Crippen molar-refractivity contribution < 1.29 is 24.5 Å². The molecule has 0 radical (unpaired) electrons. The van der Waals surface area contributed by atoms with E-state index in [9.17, 15) is 14.7 Å². The Hall–Kier alpha value is -2.49. The van der Waals surface area contributed by atoms with E-state index in [0.29, 0.717) is 13.0 Å². The number of aromatic nitrogens is 1. The van der Waals surface area contributed by atoms with Crippen molar-refractivity contribution >= 4 is 12.4 Å². The number of hydrogen-bond donors (Lipinski definition) is 3. The summed E-state index contributed by atoms with van der Waals surface area (Å²) < 4.78 is 7.65. The zero-order valence-corrected chi connectivity index (χ0v) is 19.8. The molecular formula is C24H37N3O6. The topological polar surface area (TPSA) is 121 Å². The molecule has 3 heterocycles. The van der Waals surface area contributed by atoms with E-state index in [1.54, 1.807) is 18.3 Å². The molecule has 1 aromatic rings. The van der Waals surface area contributed by atoms with Crippen LogP contribution >= 0.6 is 0 Å². The van der Waals surface area contributed by atoms with Crippen molar-refractivity contribution in [2.45, 2.75) is 70.2 Å². The average Bonchev–Trinajstić information content (AvgIpc) is 2.76. The van der Waals surface area contributed by atoms with E-state index in [2.05, 4.69) is 30.1 Å². The first-order valence-corrected chi connectivity index (χ1v) is 11.4. The standard InChI is InChI=1S/C23H35N3O4.CH2O2/c1-18(2)7-12-25-14-9-23(10-15-25)17-22(3,19(27)16-30-23)24-20(28)8-13-26-11-5-4-6-21(26)29;2-1-3/h4-7,11,19,27H,8-10,12-17H2,1-3H3,(H,24,28);1H,(H,2,3)/t19-,22-;/m1./s1. The van der Waals surface area contributed by atoms with E-state index in [0.717, 1.165) is 32.5 Å². The number of piperidine rings is 1. The fraction of sp³-hybridized carbons (Fsp3) is 0.625. The van der Waals surface area contributed by atoms with Crippen LogP contribution in [-0.2, 0) is 20.9 Å². The van der Waals surface area contributed by atoms with Gasteiger partial charge < -0.3 is 24.8 Å². The number of nitrogens with zero attached hydrogens (tertiary/aromatic N) is 2. The second-order valence-corrected chi connectivity index (χ2v) is 9.32. The minimum absolute atomic E-state index is 0.124. The summed E-state index contributed by atoms with van der Waals surface area (Å²) in [5.74, 6) is -0.162. The van der Waals surface area contributed by atoms with Gasteiger partial charge in [0.1, 0.15) is 6.10 Å². The molecule has 2 saturated heterocycles. The maximum absolute atomic E-state index is 12.6. The van der Waals surface area contributed by atoms with Crippen molar-refractivity contribution in [1.29, 1.82) is 0 Å². The van der Waals surface area contributed by atoms with Gasteiger partial charge in [0.15, 0.2) is 0 Å². The molecule has 1 spiro atoms. The molecule has 0 saturated carbocycles. The Morgan fingerprint density at radius 3 is 2.58 bits per heavy atom. The van der Waals surface area contributed by atoms with Crippen LogP contribution in [0.15, 0.2) is 40.8 Å². The number of likely N-dealkylation sites (tertiary alicyclic amines) is 1. The summed E-state index contributed by atoms with van der Waals surface area (Å²) >= 11 is 0. The van der Waals surface area contributed by atoms with Gasteiger partial charge in [0.2, 0.25) is 5.91 Å². The van der Waals surface area contributed by atoms with Crippen molar-refractivity contribution in [2.75, 3.05) is 26.2 Å². The maximum atomic E-state index is 12.6. The van der Waals surface area contributed by atoms with Crippen molar-refractivity contribution in [2.24, 2.45) is 0 Å². The lowest BCUT2D eigenvalue weighted by atomic mass is 9.74. The van der Waals surface area contributed by atoms with Crippen molar-refractivity contribution in [3.8, 4) is 0 Å². The molecule has 2 atom stereocenters. The van der Waals surface area contributed by atoms with Crippen molar-refractivity contribution in [3.63, 3.8) is 0 Å². The number of ether oxygens (including phenoxy) is 1. The highest BCUT2D eigenvalue weighted by molar-refractivity contribution is 5.76. The molecule has 33 heavy (non-hydrogen) atoms. The molecule has 1 amide bonds. The van der Waals surface area contributed by atoms with E-state index in [1.807, 2.05) is 6.92 Å². The molecule has 0 aliphatic carbocycles. The number of aliphatic hydroxyl groups excluding tert-OH is 1. The highest BCUT2D eigenvalue weighted by Gasteiger charge is 2.49. The van der Waals surface area contributed by atoms with Gasteiger partial charge >= 0.3 is 0 Å². The monoisotopic (exact) mass is 463 g/mol. The third kappa shape index (κ3) is 7.80. The third-order valence-corrected chi connectivity index (χ3v) is 6.40. The molecule has 9 heteroatoms. The van der Waals surface area contributed by atoms with Gasteiger partial charge in [-0.25, -0.2) is 0 Å². The molecule has 3 N–H and O–H groups in total. The number of carbonyl (C=O) groups excluding carboxylic acids is 1. The predicted octanol–water partition coefficient (Wildman–Crippen LogP) is 1.40. The lowest BCUT2D eigenvalue weighted by molar-refractivity contribution is -0.181. The fourth-order valence-corrected chi connectivity index (χ4v) is 4.43. The van der Waals surface area contributed by atoms with Gasteiger partial charge in [-0.15, -0.1) is 0 Å². The fourth-order valence-electron chi connectivity index (χ4n) is 4.43. The molecule has 0 aromatic carbocycles. The van der Waals surface area contributed by atoms with Crippen LogP contribution in [0, 0.1) is 0 Å². The Labute approximate surface area is 195 Å². The van der Waals surface area contributed by atoms with Gasteiger partial charge in [0.05, 0.1) is 17.7 Å². The van der Waals surface area contributed by atoms with Gasteiger partial charge in [-0.3, -0.25) is 19.3 Å². The number of carbonyl (C=O) groups is 2. The summed E-state index contributed by atoms with van der Waals surface area (Å²) in [4.78, 5) is 35.2. The number of allylic oxidation sites excluding steroid dienone is 1. The molecule has 0 bridgehead atoms. The van der Waals surface area contributed by atoms with Crippen molar-refractivity contribution in [3.05, 3.63) is 46.4 Å². The molecule has 184 valence electrons. The van der Waals surface area contributed by atoms with Gasteiger partial charge in [-0.2, -0.15) is 0 Å². The van der Waals surface area contributed by atoms with E-state index >= 15 is 0 Å². The molecule has 2 aliphatic rings. The van der Waals surface area contributed by atoms with Gasteiger partial charge in [-0.1, -0.05) is 17.7 Å². The number of aryl methyl sites for hydroxylation is 1. The average molecular weight is 464 g/mol. The van der Waals surface area contributed by atoms with E-state index in [4.69, 9.17) is 14.6 Å². The lowest BCUT2D eigenvalue weighted by Crippen LogP contribution is -2.65. The first kappa shape index (κ1) is 26.8. The van der Waals surface area contributed by atoms with Crippen LogP contribution in [0.3, 0.4) is 0 Å². The first-order chi connectivity index (χ1) is 15.6. The lowest BCUT2D eigenvalue weighted by Gasteiger charge is -2.52. The van der Waals surface area contributed by atoms with Crippen LogP contribution in [0.2, 0.25) is 0 Å². The van der Waals surface area contributed by atoms with Gasteiger partial charge in [0, 0.05) is 51.3 Å². The Bertz CT molecular complexity index is 871. The Morgan fingerprint density at radius 2 is 1.97 bits per heavy atom. The van der Waals surface area contributed by atoms with Crippen LogP contribution in [0.5, 0.6) is 0 Å². The maximum Gasteiger partial charge on any atom is 0.290 e. The Kier molecular flexibility index (Phi) is 9.82. The molecule has 9 nitrogen and oxygen atoms in total. The van der Waals surface area contributed by atoms with E-state index < -0.39 is 11.6 Å². The normalized spacial score (nSPS) is 24.3. The summed E-state index contributed by atoms with van der Waals surface area (Å²) in [5, 5.41) is 20.5. The molecule has 0 unspecified atom stereocenters. The number of nitrogens with one attached hydrogen (secondary N) is 1. The number of rotatable bonds is 6. The Morgan fingerprint density at radius 1 is 1.30 bits per heavy atom. The van der Waals surface area contributed by atoms with Crippen LogP contribution in [0.4, 0.5) is 0 Å². The minimum atomic E-state index is -0.754. The van der Waals surface area contributed by atoms with Crippen LogP contribution in [0.25, 0.3) is 0 Å². The zero-order valence-electron chi connectivity index (χ0n) is 19.8. The number of pyridine rings is 1. The van der Waals surface area contributed by atoms with Gasteiger partial charge in [0.25, 0.3) is 12.0 Å². The second-order valence-electron chi connectivity index (χ2n) is 9.32. The van der Waals surface area contributed by atoms with E-state index in [-0.39, 0.29) is 36.6 Å². The number of hydrogen-bond acceptors (Lipinski definition) is 6. The SMILES string of the molecule is CC(C)=CCN1CCC2(CC1)C[C@@](C)(NC(=O)CCn1ccccc1=O)[C@H](O)CO2.O=CO. The molecule has 2 aliphatic heterocycles. The molecule has 3 rings (SSSR count). The molecule has 1 aromatic heterocycles. The largest absolute Gasteiger partial charge is 0.483 e. The quantitative estimate of drug-likeness (QED) is 0.431. The highest BCUT2D eigenvalue weighted by Crippen LogP contribution is 2.39. The molecular weight excluding hydrogens is 426 g/mol. The number of aliphatic hydroxyl groups is 1. The zero-order chi connectivity index (χ0) is 24.5. The summed E-state index contributed by atoms with van der Waals surface area (Å²) in [7, 11) is 0. The van der Waals surface area contributed by atoms with Crippen molar-refractivity contribution in [1.82, 2.24) is 14.8 Å². The summed E-state index contributed by atoms with van der Waals surface area (Å²) in [6, 6.07) is 4.94. The number of carboxylic acid groups (broad SMARTS) is 1. The highest BCUT2D eigenvalue weighted by atomic mass is 16.5. The van der Waals surface area contributed by atoms with E-state index in [1.165, 1.54) is 16.2 Å². The smallest absolute Gasteiger partial charge is 0.290 e. The summed E-state index contributed by atoms with van der Waals surface area (Å²) in [5.41, 5.74) is 0.153. The summed E-state index contributed by atoms with van der Waals surface area (Å²) in [6.45, 7) is 9.26. The molecule has 2 fully saturated rings. The van der Waals surface area contributed by atoms with Crippen LogP contribution in [0.1, 0.15) is 46.5 Å². The van der Waals surface area contributed by atoms with Gasteiger partial charge in [-0.05, 0) is 39.7 Å². The summed E-state index contributed by atoms with van der Waals surface area (Å²) in [6.07, 6.45) is 5.73. The first-order valence-electron chi connectivity index (χ1n) is 11.4. The Balaban J connectivity index is 0.00000122.